The summed E-state index contributed by atoms with van der Waals surface area (Å²) in [6.45, 7) is 6.11. The van der Waals surface area contributed by atoms with Gasteiger partial charge in [-0.1, -0.05) is 31.1 Å². The number of rotatable bonds is 4. The summed E-state index contributed by atoms with van der Waals surface area (Å²) in [5.41, 5.74) is 0.155. The maximum Gasteiger partial charge on any atom is 0.0405 e. The fourth-order valence-corrected chi connectivity index (χ4v) is 3.39. The Morgan fingerprint density at radius 1 is 1.67 bits per heavy atom. The van der Waals surface area contributed by atoms with E-state index in [1.54, 1.807) is 0 Å². The van der Waals surface area contributed by atoms with Gasteiger partial charge in [-0.2, -0.15) is 0 Å². The second kappa shape index (κ2) is 3.89. The molecule has 0 amide bonds. The van der Waals surface area contributed by atoms with Crippen molar-refractivity contribution in [1.29, 1.82) is 0 Å². The Morgan fingerprint density at radius 3 is 2.93 bits per heavy atom. The SMILES string of the molecule is C#CC1(C(C)CCC=C)CC2C=CC1C2. The summed E-state index contributed by atoms with van der Waals surface area (Å²) in [6.07, 6.45) is 17.3. The van der Waals surface area contributed by atoms with Gasteiger partial charge in [-0.15, -0.1) is 13.0 Å². The molecule has 0 aromatic heterocycles. The van der Waals surface area contributed by atoms with Crippen molar-refractivity contribution in [3.05, 3.63) is 24.8 Å². The van der Waals surface area contributed by atoms with Crippen LogP contribution in [0.5, 0.6) is 0 Å². The van der Waals surface area contributed by atoms with E-state index in [4.69, 9.17) is 6.42 Å². The van der Waals surface area contributed by atoms with Gasteiger partial charge < -0.3 is 0 Å². The topological polar surface area (TPSA) is 0 Å². The van der Waals surface area contributed by atoms with Crippen LogP contribution in [0.4, 0.5) is 0 Å². The number of hydrogen-bond acceptors (Lipinski definition) is 0. The van der Waals surface area contributed by atoms with Crippen molar-refractivity contribution in [3.8, 4) is 12.3 Å². The quantitative estimate of drug-likeness (QED) is 0.478. The minimum absolute atomic E-state index is 0.155. The molecule has 15 heavy (non-hydrogen) atoms. The Labute approximate surface area is 93.5 Å². The number of fused-ring (bicyclic) bond motifs is 2. The summed E-state index contributed by atoms with van der Waals surface area (Å²) >= 11 is 0. The van der Waals surface area contributed by atoms with E-state index in [1.807, 2.05) is 6.08 Å². The van der Waals surface area contributed by atoms with E-state index in [9.17, 15) is 0 Å². The zero-order valence-electron chi connectivity index (χ0n) is 9.58. The van der Waals surface area contributed by atoms with Gasteiger partial charge >= 0.3 is 0 Å². The van der Waals surface area contributed by atoms with Gasteiger partial charge in [0, 0.05) is 5.41 Å². The first-order chi connectivity index (χ1) is 7.23. The molecule has 0 N–H and O–H groups in total. The van der Waals surface area contributed by atoms with Gasteiger partial charge in [0.15, 0.2) is 0 Å². The third kappa shape index (κ3) is 1.55. The van der Waals surface area contributed by atoms with Crippen molar-refractivity contribution < 1.29 is 0 Å². The molecule has 0 aromatic rings. The van der Waals surface area contributed by atoms with Gasteiger partial charge in [-0.05, 0) is 43.4 Å². The lowest BCUT2D eigenvalue weighted by Crippen LogP contribution is -2.31. The van der Waals surface area contributed by atoms with Crippen molar-refractivity contribution in [2.75, 3.05) is 0 Å². The minimum Gasteiger partial charge on any atom is -0.119 e. The first-order valence-corrected chi connectivity index (χ1v) is 6.00. The van der Waals surface area contributed by atoms with Gasteiger partial charge in [0.05, 0.1) is 0 Å². The lowest BCUT2D eigenvalue weighted by Gasteiger charge is -2.36. The largest absolute Gasteiger partial charge is 0.119 e. The van der Waals surface area contributed by atoms with Gasteiger partial charge in [0.1, 0.15) is 0 Å². The number of terminal acetylenes is 1. The van der Waals surface area contributed by atoms with Gasteiger partial charge in [-0.3, -0.25) is 0 Å². The standard InChI is InChI=1S/C15H20/c1-4-6-7-12(3)15(5-2)11-13-8-9-14(15)10-13/h2,4,8-9,12-14H,1,6-7,10-11H2,3H3. The monoisotopic (exact) mass is 200 g/mol. The van der Waals surface area contributed by atoms with Crippen LogP contribution in [-0.4, -0.2) is 0 Å². The fraction of sp³-hybridized carbons (Fsp3) is 0.600. The molecule has 0 radical (unpaired) electrons. The van der Waals surface area contributed by atoms with E-state index >= 15 is 0 Å². The number of hydrogen-bond donors (Lipinski definition) is 0. The van der Waals surface area contributed by atoms with Crippen molar-refractivity contribution in [2.45, 2.75) is 32.6 Å². The van der Waals surface area contributed by atoms with Crippen LogP contribution in [0.1, 0.15) is 32.6 Å². The van der Waals surface area contributed by atoms with Crippen LogP contribution >= 0.6 is 0 Å². The fourth-order valence-electron chi connectivity index (χ4n) is 3.39. The highest BCUT2D eigenvalue weighted by Crippen LogP contribution is 2.56. The summed E-state index contributed by atoms with van der Waals surface area (Å²) in [6, 6.07) is 0. The lowest BCUT2D eigenvalue weighted by atomic mass is 9.66. The van der Waals surface area contributed by atoms with Crippen molar-refractivity contribution >= 4 is 0 Å². The molecule has 0 heterocycles. The first-order valence-electron chi connectivity index (χ1n) is 6.00. The first kappa shape index (κ1) is 10.6. The molecule has 0 spiro atoms. The van der Waals surface area contributed by atoms with E-state index in [-0.39, 0.29) is 5.41 Å². The highest BCUT2D eigenvalue weighted by molar-refractivity contribution is 5.25. The van der Waals surface area contributed by atoms with Gasteiger partial charge in [-0.25, -0.2) is 0 Å². The second-order valence-electron chi connectivity index (χ2n) is 5.14. The van der Waals surface area contributed by atoms with E-state index in [1.165, 1.54) is 19.3 Å². The molecule has 0 aliphatic heterocycles. The van der Waals surface area contributed by atoms with E-state index in [2.05, 4.69) is 31.6 Å². The Bertz CT molecular complexity index is 317. The molecule has 2 aliphatic rings. The Kier molecular flexibility index (Phi) is 2.74. The maximum absolute atomic E-state index is 5.82. The average Bonchev–Trinajstić information content (AvgIpc) is 2.85. The van der Waals surface area contributed by atoms with E-state index < -0.39 is 0 Å². The lowest BCUT2D eigenvalue weighted by molar-refractivity contribution is 0.203. The molecular weight excluding hydrogens is 180 g/mol. The molecule has 4 atom stereocenters. The van der Waals surface area contributed by atoms with Crippen LogP contribution in [-0.2, 0) is 0 Å². The van der Waals surface area contributed by atoms with Crippen LogP contribution in [0, 0.1) is 35.5 Å². The maximum atomic E-state index is 5.82. The van der Waals surface area contributed by atoms with Crippen LogP contribution < -0.4 is 0 Å². The molecule has 4 unspecified atom stereocenters. The Hall–Kier alpha value is -0.960. The van der Waals surface area contributed by atoms with E-state index in [0.29, 0.717) is 11.8 Å². The number of allylic oxidation sites excluding steroid dienone is 3. The minimum atomic E-state index is 0.155. The summed E-state index contributed by atoms with van der Waals surface area (Å²) in [5, 5.41) is 0. The summed E-state index contributed by atoms with van der Waals surface area (Å²) in [7, 11) is 0. The average molecular weight is 200 g/mol. The molecule has 2 bridgehead atoms. The third-order valence-corrected chi connectivity index (χ3v) is 4.39. The van der Waals surface area contributed by atoms with Crippen LogP contribution in [0.25, 0.3) is 0 Å². The molecule has 80 valence electrons. The smallest absolute Gasteiger partial charge is 0.0405 e. The van der Waals surface area contributed by atoms with Crippen molar-refractivity contribution in [1.82, 2.24) is 0 Å². The highest BCUT2D eigenvalue weighted by atomic mass is 14.5. The molecule has 0 saturated heterocycles. The van der Waals surface area contributed by atoms with Gasteiger partial charge in [0.2, 0.25) is 0 Å². The molecule has 0 aromatic carbocycles. The summed E-state index contributed by atoms with van der Waals surface area (Å²) in [4.78, 5) is 0. The Balaban J connectivity index is 2.13. The van der Waals surface area contributed by atoms with E-state index in [0.717, 1.165) is 12.3 Å². The molecule has 1 saturated carbocycles. The molecule has 2 rings (SSSR count). The molecule has 0 nitrogen and oxygen atoms in total. The van der Waals surface area contributed by atoms with Gasteiger partial charge in [0.25, 0.3) is 0 Å². The zero-order chi connectivity index (χ0) is 10.9. The zero-order valence-corrected chi connectivity index (χ0v) is 9.58. The second-order valence-corrected chi connectivity index (χ2v) is 5.14. The molecule has 2 aliphatic carbocycles. The molecule has 1 fully saturated rings. The van der Waals surface area contributed by atoms with Crippen molar-refractivity contribution in [3.63, 3.8) is 0 Å². The molecular formula is C15H20. The summed E-state index contributed by atoms with van der Waals surface area (Å²) < 4.78 is 0. The van der Waals surface area contributed by atoms with Crippen LogP contribution in [0.15, 0.2) is 24.8 Å². The predicted octanol–water partition coefficient (Wildman–Crippen LogP) is 3.80. The van der Waals surface area contributed by atoms with Crippen LogP contribution in [0.2, 0.25) is 0 Å². The predicted molar refractivity (Wildman–Crippen MR) is 65.2 cm³/mol. The normalized spacial score (nSPS) is 38.9. The summed E-state index contributed by atoms with van der Waals surface area (Å²) in [5.74, 6) is 5.16. The highest BCUT2D eigenvalue weighted by Gasteiger charge is 2.49. The third-order valence-electron chi connectivity index (χ3n) is 4.39. The van der Waals surface area contributed by atoms with Crippen LogP contribution in [0.3, 0.4) is 0 Å². The van der Waals surface area contributed by atoms with Crippen molar-refractivity contribution in [2.24, 2.45) is 23.2 Å². The Morgan fingerprint density at radius 2 is 2.47 bits per heavy atom. The molecule has 0 heteroatoms.